The lowest BCUT2D eigenvalue weighted by Crippen LogP contribution is -2.37. The van der Waals surface area contributed by atoms with Gasteiger partial charge in [0.1, 0.15) is 0 Å². The Balaban J connectivity index is 1.82. The first kappa shape index (κ1) is 14.8. The first-order chi connectivity index (χ1) is 8.72. The summed E-state index contributed by atoms with van der Waals surface area (Å²) in [6, 6.07) is -0.0766. The molecule has 0 saturated heterocycles. The molecule has 1 aliphatic carbocycles. The maximum atomic E-state index is 11.3. The van der Waals surface area contributed by atoms with Crippen molar-refractivity contribution >= 4 is 12.0 Å². The van der Waals surface area contributed by atoms with Crippen LogP contribution in [0.5, 0.6) is 0 Å². The number of amides is 2. The summed E-state index contributed by atoms with van der Waals surface area (Å²) in [5.74, 6) is 0.577. The van der Waals surface area contributed by atoms with E-state index in [0.717, 1.165) is 25.8 Å². The number of hydrogen-bond acceptors (Lipinski definition) is 3. The molecule has 0 unspecified atom stereocenters. The third-order valence-electron chi connectivity index (χ3n) is 2.90. The minimum atomic E-state index is -0.132. The van der Waals surface area contributed by atoms with Crippen molar-refractivity contribution in [1.82, 2.24) is 10.6 Å². The van der Waals surface area contributed by atoms with Crippen molar-refractivity contribution in [2.75, 3.05) is 19.7 Å². The van der Waals surface area contributed by atoms with Gasteiger partial charge in [-0.2, -0.15) is 0 Å². The molecule has 18 heavy (non-hydrogen) atoms. The number of rotatable bonds is 9. The molecule has 5 heteroatoms. The Morgan fingerprint density at radius 1 is 1.17 bits per heavy atom. The second-order valence-electron chi connectivity index (χ2n) is 4.70. The first-order valence-corrected chi connectivity index (χ1v) is 6.89. The van der Waals surface area contributed by atoms with Crippen LogP contribution >= 0.6 is 0 Å². The van der Waals surface area contributed by atoms with Crippen molar-refractivity contribution < 1.29 is 14.3 Å². The number of esters is 1. The van der Waals surface area contributed by atoms with Crippen LogP contribution in [0.25, 0.3) is 0 Å². The van der Waals surface area contributed by atoms with Crippen molar-refractivity contribution in [2.24, 2.45) is 5.92 Å². The van der Waals surface area contributed by atoms with Crippen LogP contribution in [-0.2, 0) is 9.53 Å². The summed E-state index contributed by atoms with van der Waals surface area (Å²) in [5, 5.41) is 5.66. The highest BCUT2D eigenvalue weighted by molar-refractivity contribution is 5.73. The Morgan fingerprint density at radius 2 is 1.94 bits per heavy atom. The molecule has 1 aliphatic rings. The van der Waals surface area contributed by atoms with Gasteiger partial charge in [0.2, 0.25) is 0 Å². The van der Waals surface area contributed by atoms with E-state index in [-0.39, 0.29) is 12.0 Å². The normalized spacial score (nSPS) is 14.1. The molecule has 0 aromatic carbocycles. The van der Waals surface area contributed by atoms with Crippen molar-refractivity contribution in [3.63, 3.8) is 0 Å². The largest absolute Gasteiger partial charge is 0.466 e. The first-order valence-electron chi connectivity index (χ1n) is 6.89. The van der Waals surface area contributed by atoms with Crippen LogP contribution in [0.15, 0.2) is 0 Å². The fourth-order valence-corrected chi connectivity index (χ4v) is 1.63. The Bertz CT molecular complexity index is 265. The van der Waals surface area contributed by atoms with Gasteiger partial charge in [0.15, 0.2) is 0 Å². The molecule has 0 aliphatic heterocycles. The van der Waals surface area contributed by atoms with Gasteiger partial charge in [-0.25, -0.2) is 4.79 Å². The van der Waals surface area contributed by atoms with E-state index in [2.05, 4.69) is 10.6 Å². The van der Waals surface area contributed by atoms with Crippen LogP contribution in [0.4, 0.5) is 4.79 Å². The molecular formula is C13H24N2O3. The predicted molar refractivity (Wildman–Crippen MR) is 69.2 cm³/mol. The molecule has 104 valence electrons. The van der Waals surface area contributed by atoms with Gasteiger partial charge in [-0.3, -0.25) is 4.79 Å². The highest BCUT2D eigenvalue weighted by Crippen LogP contribution is 2.27. The van der Waals surface area contributed by atoms with Gasteiger partial charge >= 0.3 is 12.0 Å². The molecule has 0 aromatic heterocycles. The number of carbonyl (C=O) groups is 2. The Labute approximate surface area is 109 Å². The molecule has 5 nitrogen and oxygen atoms in total. The van der Waals surface area contributed by atoms with Crippen LogP contribution in [0.1, 0.15) is 45.4 Å². The number of ether oxygens (including phenoxy) is 1. The average molecular weight is 256 g/mol. The van der Waals surface area contributed by atoms with Crippen molar-refractivity contribution in [1.29, 1.82) is 0 Å². The number of nitrogens with one attached hydrogen (secondary N) is 2. The van der Waals surface area contributed by atoms with E-state index in [0.29, 0.717) is 25.5 Å². The Kier molecular flexibility index (Phi) is 7.22. The molecular weight excluding hydrogens is 232 g/mol. The summed E-state index contributed by atoms with van der Waals surface area (Å²) in [7, 11) is 0. The molecule has 0 heterocycles. The summed E-state index contributed by atoms with van der Waals surface area (Å²) in [4.78, 5) is 22.3. The highest BCUT2D eigenvalue weighted by Gasteiger charge is 2.21. The zero-order valence-corrected chi connectivity index (χ0v) is 11.2. The average Bonchev–Trinajstić information content (AvgIpc) is 3.15. The quantitative estimate of drug-likeness (QED) is 0.488. The molecule has 2 N–H and O–H groups in total. The van der Waals surface area contributed by atoms with Gasteiger partial charge in [-0.05, 0) is 38.5 Å². The maximum absolute atomic E-state index is 11.3. The summed E-state index contributed by atoms with van der Waals surface area (Å²) >= 11 is 0. The van der Waals surface area contributed by atoms with Gasteiger partial charge < -0.3 is 15.4 Å². The predicted octanol–water partition coefficient (Wildman–Crippen LogP) is 1.82. The molecule has 0 spiro atoms. The van der Waals surface area contributed by atoms with Gasteiger partial charge in [0, 0.05) is 19.5 Å². The summed E-state index contributed by atoms with van der Waals surface area (Å²) in [6.07, 6.45) is 5.62. The smallest absolute Gasteiger partial charge is 0.314 e. The van der Waals surface area contributed by atoms with E-state index in [1.165, 1.54) is 12.8 Å². The van der Waals surface area contributed by atoms with Crippen LogP contribution in [-0.4, -0.2) is 31.7 Å². The number of urea groups is 1. The number of hydrogen-bond donors (Lipinski definition) is 2. The minimum Gasteiger partial charge on any atom is -0.466 e. The number of carbonyl (C=O) groups excluding carboxylic acids is 2. The maximum Gasteiger partial charge on any atom is 0.314 e. The van der Waals surface area contributed by atoms with Gasteiger partial charge in [0.25, 0.3) is 0 Å². The van der Waals surface area contributed by atoms with Crippen molar-refractivity contribution in [3.8, 4) is 0 Å². The van der Waals surface area contributed by atoms with Crippen molar-refractivity contribution in [2.45, 2.75) is 45.4 Å². The van der Waals surface area contributed by atoms with Crippen molar-refractivity contribution in [3.05, 3.63) is 0 Å². The van der Waals surface area contributed by atoms with E-state index in [1.54, 1.807) is 0 Å². The summed E-state index contributed by atoms with van der Waals surface area (Å²) < 4.78 is 4.83. The lowest BCUT2D eigenvalue weighted by atomic mass is 10.2. The molecule has 0 radical (unpaired) electrons. The van der Waals surface area contributed by atoms with Crippen LogP contribution in [0.3, 0.4) is 0 Å². The van der Waals surface area contributed by atoms with Gasteiger partial charge in [-0.1, -0.05) is 6.42 Å². The van der Waals surface area contributed by atoms with Gasteiger partial charge in [0.05, 0.1) is 6.61 Å². The van der Waals surface area contributed by atoms with Crippen LogP contribution in [0, 0.1) is 5.92 Å². The van der Waals surface area contributed by atoms with E-state index in [4.69, 9.17) is 4.74 Å². The van der Waals surface area contributed by atoms with Crippen LogP contribution in [0.2, 0.25) is 0 Å². The number of unbranched alkanes of at least 4 members (excludes halogenated alkanes) is 2. The lowest BCUT2D eigenvalue weighted by molar-refractivity contribution is -0.143. The molecule has 1 fully saturated rings. The van der Waals surface area contributed by atoms with Gasteiger partial charge in [-0.15, -0.1) is 0 Å². The Morgan fingerprint density at radius 3 is 2.61 bits per heavy atom. The van der Waals surface area contributed by atoms with E-state index < -0.39 is 0 Å². The van der Waals surface area contributed by atoms with E-state index >= 15 is 0 Å². The third kappa shape index (κ3) is 7.92. The molecule has 2 amide bonds. The summed E-state index contributed by atoms with van der Waals surface area (Å²) in [5.41, 5.74) is 0. The van der Waals surface area contributed by atoms with E-state index in [1.807, 2.05) is 6.92 Å². The third-order valence-corrected chi connectivity index (χ3v) is 2.90. The molecule has 0 bridgehead atoms. The van der Waals surface area contributed by atoms with Crippen LogP contribution < -0.4 is 10.6 Å². The molecule has 0 atom stereocenters. The van der Waals surface area contributed by atoms with E-state index in [9.17, 15) is 9.59 Å². The lowest BCUT2D eigenvalue weighted by Gasteiger charge is -2.06. The second kappa shape index (κ2) is 8.78. The SMILES string of the molecule is CCOC(=O)CCCCCNC(=O)NCC1CC1. The topological polar surface area (TPSA) is 67.4 Å². The fraction of sp³-hybridized carbons (Fsp3) is 0.846. The molecule has 1 rings (SSSR count). The minimum absolute atomic E-state index is 0.0766. The second-order valence-corrected chi connectivity index (χ2v) is 4.70. The Hall–Kier alpha value is -1.26. The fourth-order valence-electron chi connectivity index (χ4n) is 1.63. The zero-order valence-electron chi connectivity index (χ0n) is 11.2. The molecule has 0 aromatic rings. The summed E-state index contributed by atoms with van der Waals surface area (Å²) in [6.45, 7) is 3.72. The monoisotopic (exact) mass is 256 g/mol. The zero-order chi connectivity index (χ0) is 13.2. The molecule has 1 saturated carbocycles. The highest BCUT2D eigenvalue weighted by atomic mass is 16.5. The standard InChI is InChI=1S/C13H24N2O3/c1-2-18-12(16)6-4-3-5-9-14-13(17)15-10-11-7-8-11/h11H,2-10H2,1H3,(H2,14,15,17).